The Morgan fingerprint density at radius 3 is 2.45 bits per heavy atom. The Balaban J connectivity index is 2.51. The molecule has 1 rings (SSSR count). The standard InChI is InChI=1S/C12H20F3N3O2/c1-7(2)10(8(3)16)11-17-9(18-20-11)4-5-19-6-12(13,14)15/h7-8,10H,4-6,16H2,1-3H3. The lowest BCUT2D eigenvalue weighted by atomic mass is 9.90. The first kappa shape index (κ1) is 16.9. The van der Waals surface area contributed by atoms with Gasteiger partial charge in [-0.1, -0.05) is 19.0 Å². The van der Waals surface area contributed by atoms with Gasteiger partial charge in [0.25, 0.3) is 0 Å². The van der Waals surface area contributed by atoms with Crippen molar-refractivity contribution in [1.29, 1.82) is 0 Å². The fraction of sp³-hybridized carbons (Fsp3) is 0.833. The van der Waals surface area contributed by atoms with Gasteiger partial charge >= 0.3 is 6.18 Å². The third kappa shape index (κ3) is 5.46. The summed E-state index contributed by atoms with van der Waals surface area (Å²) in [6.45, 7) is 4.45. The van der Waals surface area contributed by atoms with Crippen molar-refractivity contribution in [3.8, 4) is 0 Å². The lowest BCUT2D eigenvalue weighted by molar-refractivity contribution is -0.173. The maximum Gasteiger partial charge on any atom is 0.411 e. The Bertz CT molecular complexity index is 397. The number of ether oxygens (including phenoxy) is 1. The molecule has 0 radical (unpaired) electrons. The molecule has 1 aromatic rings. The molecule has 0 spiro atoms. The van der Waals surface area contributed by atoms with E-state index < -0.39 is 12.8 Å². The monoisotopic (exact) mass is 295 g/mol. The first-order chi connectivity index (χ1) is 9.20. The van der Waals surface area contributed by atoms with Gasteiger partial charge in [0.1, 0.15) is 6.61 Å². The van der Waals surface area contributed by atoms with Crippen LogP contribution in [0.2, 0.25) is 0 Å². The summed E-state index contributed by atoms with van der Waals surface area (Å²) < 4.78 is 45.3. The number of hydrogen-bond acceptors (Lipinski definition) is 5. The predicted octanol–water partition coefficient (Wildman–Crippen LogP) is 2.28. The highest BCUT2D eigenvalue weighted by atomic mass is 19.4. The third-order valence-corrected chi connectivity index (χ3v) is 2.79. The second-order valence-electron chi connectivity index (χ2n) is 5.10. The van der Waals surface area contributed by atoms with Crippen LogP contribution in [0, 0.1) is 5.92 Å². The van der Waals surface area contributed by atoms with Crippen molar-refractivity contribution < 1.29 is 22.4 Å². The highest BCUT2D eigenvalue weighted by Gasteiger charge is 2.28. The molecular formula is C12H20F3N3O2. The number of nitrogens with two attached hydrogens (primary N) is 1. The molecule has 0 aromatic carbocycles. The van der Waals surface area contributed by atoms with Gasteiger partial charge in [0, 0.05) is 12.5 Å². The van der Waals surface area contributed by atoms with Crippen molar-refractivity contribution in [3.63, 3.8) is 0 Å². The molecule has 0 amide bonds. The molecule has 0 bridgehead atoms. The molecule has 0 aliphatic carbocycles. The molecule has 2 unspecified atom stereocenters. The summed E-state index contributed by atoms with van der Waals surface area (Å²) in [6.07, 6.45) is -4.15. The van der Waals surface area contributed by atoms with Crippen LogP contribution in [0.1, 0.15) is 38.4 Å². The SMILES string of the molecule is CC(C)C(c1nc(CCOCC(F)(F)F)no1)C(C)N. The lowest BCUT2D eigenvalue weighted by Crippen LogP contribution is -2.28. The van der Waals surface area contributed by atoms with Crippen molar-refractivity contribution in [3.05, 3.63) is 11.7 Å². The normalized spacial score (nSPS) is 15.6. The number of alkyl halides is 3. The molecule has 0 fully saturated rings. The van der Waals surface area contributed by atoms with Crippen LogP contribution in [0.15, 0.2) is 4.52 Å². The largest absolute Gasteiger partial charge is 0.411 e. The van der Waals surface area contributed by atoms with Crippen LogP contribution >= 0.6 is 0 Å². The van der Waals surface area contributed by atoms with Crippen molar-refractivity contribution in [2.75, 3.05) is 13.2 Å². The summed E-state index contributed by atoms with van der Waals surface area (Å²) in [6, 6.07) is -0.148. The summed E-state index contributed by atoms with van der Waals surface area (Å²) in [5, 5.41) is 3.73. The van der Waals surface area contributed by atoms with Gasteiger partial charge < -0.3 is 15.0 Å². The van der Waals surface area contributed by atoms with Crippen LogP contribution in [-0.4, -0.2) is 35.6 Å². The quantitative estimate of drug-likeness (QED) is 0.781. The van der Waals surface area contributed by atoms with Crippen molar-refractivity contribution in [1.82, 2.24) is 10.1 Å². The minimum absolute atomic E-state index is 0.0765. The van der Waals surface area contributed by atoms with Gasteiger partial charge in [-0.15, -0.1) is 0 Å². The maximum atomic E-state index is 11.9. The van der Waals surface area contributed by atoms with Gasteiger partial charge in [-0.25, -0.2) is 0 Å². The smallest absolute Gasteiger partial charge is 0.372 e. The molecule has 8 heteroatoms. The summed E-state index contributed by atoms with van der Waals surface area (Å²) in [5.41, 5.74) is 5.87. The van der Waals surface area contributed by atoms with E-state index in [-0.39, 0.29) is 30.9 Å². The highest BCUT2D eigenvalue weighted by molar-refractivity contribution is 4.99. The van der Waals surface area contributed by atoms with Gasteiger partial charge in [-0.05, 0) is 12.8 Å². The van der Waals surface area contributed by atoms with Crippen molar-refractivity contribution in [2.24, 2.45) is 11.7 Å². The first-order valence-electron chi connectivity index (χ1n) is 6.43. The molecule has 0 saturated carbocycles. The molecule has 5 nitrogen and oxygen atoms in total. The molecule has 116 valence electrons. The molecule has 2 N–H and O–H groups in total. The predicted molar refractivity (Wildman–Crippen MR) is 66.1 cm³/mol. The molecule has 0 aliphatic rings. The van der Waals surface area contributed by atoms with E-state index in [0.29, 0.717) is 11.7 Å². The number of halogens is 3. The van der Waals surface area contributed by atoms with E-state index in [1.54, 1.807) is 0 Å². The zero-order valence-electron chi connectivity index (χ0n) is 11.8. The fourth-order valence-corrected chi connectivity index (χ4v) is 1.97. The molecule has 0 aliphatic heterocycles. The second-order valence-corrected chi connectivity index (χ2v) is 5.10. The number of aromatic nitrogens is 2. The minimum atomic E-state index is -4.32. The number of hydrogen-bond donors (Lipinski definition) is 1. The zero-order valence-corrected chi connectivity index (χ0v) is 11.8. The van der Waals surface area contributed by atoms with Crippen molar-refractivity contribution in [2.45, 2.75) is 45.3 Å². The first-order valence-corrected chi connectivity index (χ1v) is 6.43. The Hall–Kier alpha value is -1.15. The maximum absolute atomic E-state index is 11.9. The molecular weight excluding hydrogens is 275 g/mol. The zero-order chi connectivity index (χ0) is 15.3. The summed E-state index contributed by atoms with van der Waals surface area (Å²) in [4.78, 5) is 4.17. The Morgan fingerprint density at radius 2 is 1.95 bits per heavy atom. The van der Waals surface area contributed by atoms with E-state index in [2.05, 4.69) is 14.9 Å². The Morgan fingerprint density at radius 1 is 1.30 bits per heavy atom. The number of rotatable bonds is 7. The topological polar surface area (TPSA) is 74.2 Å². The van der Waals surface area contributed by atoms with E-state index in [0.717, 1.165) is 0 Å². The Kier molecular flexibility index (Phi) is 5.94. The second kappa shape index (κ2) is 7.03. The van der Waals surface area contributed by atoms with Crippen LogP contribution in [0.4, 0.5) is 13.2 Å². The average molecular weight is 295 g/mol. The van der Waals surface area contributed by atoms with Gasteiger partial charge in [0.2, 0.25) is 5.89 Å². The van der Waals surface area contributed by atoms with Gasteiger partial charge in [-0.2, -0.15) is 18.2 Å². The summed E-state index contributed by atoms with van der Waals surface area (Å²) >= 11 is 0. The third-order valence-electron chi connectivity index (χ3n) is 2.79. The molecule has 1 aromatic heterocycles. The van der Waals surface area contributed by atoms with Gasteiger partial charge in [0.15, 0.2) is 5.82 Å². The van der Waals surface area contributed by atoms with Gasteiger partial charge in [-0.3, -0.25) is 0 Å². The lowest BCUT2D eigenvalue weighted by Gasteiger charge is -2.20. The van der Waals surface area contributed by atoms with Crippen LogP contribution in [-0.2, 0) is 11.2 Å². The summed E-state index contributed by atoms with van der Waals surface area (Å²) in [7, 11) is 0. The number of nitrogens with zero attached hydrogens (tertiary/aromatic N) is 2. The minimum Gasteiger partial charge on any atom is -0.372 e. The van der Waals surface area contributed by atoms with Crippen LogP contribution < -0.4 is 5.73 Å². The highest BCUT2D eigenvalue weighted by Crippen LogP contribution is 2.25. The molecule has 1 heterocycles. The Labute approximate surface area is 115 Å². The van der Waals surface area contributed by atoms with Crippen LogP contribution in [0.5, 0.6) is 0 Å². The van der Waals surface area contributed by atoms with Gasteiger partial charge in [0.05, 0.1) is 12.5 Å². The molecule has 2 atom stereocenters. The fourth-order valence-electron chi connectivity index (χ4n) is 1.97. The van der Waals surface area contributed by atoms with E-state index in [9.17, 15) is 13.2 Å². The van der Waals surface area contributed by atoms with E-state index in [1.165, 1.54) is 0 Å². The van der Waals surface area contributed by atoms with E-state index in [1.807, 2.05) is 20.8 Å². The van der Waals surface area contributed by atoms with Crippen LogP contribution in [0.25, 0.3) is 0 Å². The molecule has 0 saturated heterocycles. The average Bonchev–Trinajstić information content (AvgIpc) is 2.70. The van der Waals surface area contributed by atoms with E-state index >= 15 is 0 Å². The van der Waals surface area contributed by atoms with Crippen molar-refractivity contribution >= 4 is 0 Å². The van der Waals surface area contributed by atoms with Crippen LogP contribution in [0.3, 0.4) is 0 Å². The summed E-state index contributed by atoms with van der Waals surface area (Å²) in [5.74, 6) is 0.895. The van der Waals surface area contributed by atoms with E-state index in [4.69, 9.17) is 10.3 Å². The molecule has 20 heavy (non-hydrogen) atoms.